The van der Waals surface area contributed by atoms with Crippen molar-refractivity contribution in [3.63, 3.8) is 0 Å². The lowest BCUT2D eigenvalue weighted by molar-refractivity contribution is 0.102. The van der Waals surface area contributed by atoms with Gasteiger partial charge in [0.25, 0.3) is 5.91 Å². The standard InChI is InChI=1S/C16H20N4O/c1-9-6-10(2)14(11(3)7-9)18-16(21)15-12-8-17-5-4-13(12)19-20-15/h6-7,17H,4-5,8H2,1-3H3,(H,18,21)(H,19,20). The molecule has 0 saturated heterocycles. The highest BCUT2D eigenvalue weighted by Crippen LogP contribution is 2.23. The molecule has 1 aromatic carbocycles. The van der Waals surface area contributed by atoms with E-state index >= 15 is 0 Å². The van der Waals surface area contributed by atoms with Crippen molar-refractivity contribution in [2.75, 3.05) is 11.9 Å². The highest BCUT2D eigenvalue weighted by atomic mass is 16.2. The maximum absolute atomic E-state index is 12.5. The predicted molar refractivity (Wildman–Crippen MR) is 82.6 cm³/mol. The minimum atomic E-state index is -0.147. The van der Waals surface area contributed by atoms with Gasteiger partial charge in [0, 0.05) is 36.5 Å². The third-order valence-electron chi connectivity index (χ3n) is 3.94. The molecule has 0 saturated carbocycles. The number of fused-ring (bicyclic) bond motifs is 1. The summed E-state index contributed by atoms with van der Waals surface area (Å²) in [5.74, 6) is -0.147. The van der Waals surface area contributed by atoms with Crippen LogP contribution in [0.4, 0.5) is 5.69 Å². The Morgan fingerprint density at radius 3 is 2.67 bits per heavy atom. The number of nitrogens with one attached hydrogen (secondary N) is 3. The van der Waals surface area contributed by atoms with Crippen LogP contribution in [0.15, 0.2) is 12.1 Å². The molecule has 1 aliphatic heterocycles. The lowest BCUT2D eigenvalue weighted by Gasteiger charge is -2.14. The monoisotopic (exact) mass is 284 g/mol. The van der Waals surface area contributed by atoms with E-state index in [9.17, 15) is 4.79 Å². The van der Waals surface area contributed by atoms with Crippen LogP contribution in [0.1, 0.15) is 38.4 Å². The van der Waals surface area contributed by atoms with Gasteiger partial charge in [-0.05, 0) is 31.9 Å². The first-order valence-corrected chi connectivity index (χ1v) is 7.22. The number of amides is 1. The minimum absolute atomic E-state index is 0.147. The molecule has 1 aromatic heterocycles. The summed E-state index contributed by atoms with van der Waals surface area (Å²) in [7, 11) is 0. The fraction of sp³-hybridized carbons (Fsp3) is 0.375. The van der Waals surface area contributed by atoms with Crippen LogP contribution >= 0.6 is 0 Å². The fourth-order valence-electron chi connectivity index (χ4n) is 2.96. The molecule has 3 N–H and O–H groups in total. The number of H-pyrrole nitrogens is 1. The molecular formula is C16H20N4O. The molecule has 0 spiro atoms. The molecule has 2 heterocycles. The second-order valence-corrected chi connectivity index (χ2v) is 5.68. The fourth-order valence-corrected chi connectivity index (χ4v) is 2.96. The molecular weight excluding hydrogens is 264 g/mol. The van der Waals surface area contributed by atoms with Crippen molar-refractivity contribution >= 4 is 11.6 Å². The first-order chi connectivity index (χ1) is 10.1. The van der Waals surface area contributed by atoms with E-state index in [2.05, 4.69) is 39.9 Å². The molecule has 2 aromatic rings. The summed E-state index contributed by atoms with van der Waals surface area (Å²) in [4.78, 5) is 12.5. The normalized spacial score (nSPS) is 13.9. The van der Waals surface area contributed by atoms with Crippen molar-refractivity contribution in [2.24, 2.45) is 0 Å². The van der Waals surface area contributed by atoms with Crippen molar-refractivity contribution in [3.05, 3.63) is 45.8 Å². The van der Waals surface area contributed by atoms with Gasteiger partial charge in [0.05, 0.1) is 0 Å². The number of rotatable bonds is 2. The van der Waals surface area contributed by atoms with E-state index in [1.165, 1.54) is 5.56 Å². The van der Waals surface area contributed by atoms with Crippen molar-refractivity contribution in [1.29, 1.82) is 0 Å². The molecule has 3 rings (SSSR count). The second-order valence-electron chi connectivity index (χ2n) is 5.68. The Kier molecular flexibility index (Phi) is 3.51. The smallest absolute Gasteiger partial charge is 0.276 e. The zero-order valence-electron chi connectivity index (χ0n) is 12.6. The van der Waals surface area contributed by atoms with Crippen LogP contribution in [0.3, 0.4) is 0 Å². The summed E-state index contributed by atoms with van der Waals surface area (Å²) >= 11 is 0. The average molecular weight is 284 g/mol. The maximum atomic E-state index is 12.5. The van der Waals surface area contributed by atoms with Crippen LogP contribution in [0.25, 0.3) is 0 Å². The minimum Gasteiger partial charge on any atom is -0.320 e. The highest BCUT2D eigenvalue weighted by molar-refractivity contribution is 6.04. The molecule has 110 valence electrons. The summed E-state index contributed by atoms with van der Waals surface area (Å²) in [6.07, 6.45) is 0.887. The van der Waals surface area contributed by atoms with E-state index in [1.807, 2.05) is 13.8 Å². The van der Waals surface area contributed by atoms with Crippen LogP contribution in [-0.2, 0) is 13.0 Å². The van der Waals surface area contributed by atoms with Gasteiger partial charge in [-0.3, -0.25) is 9.89 Å². The van der Waals surface area contributed by atoms with Gasteiger partial charge in [0.15, 0.2) is 5.69 Å². The molecule has 0 atom stereocenters. The second kappa shape index (κ2) is 5.33. The molecule has 5 heteroatoms. The van der Waals surface area contributed by atoms with Crippen molar-refractivity contribution < 1.29 is 4.79 Å². The van der Waals surface area contributed by atoms with Crippen molar-refractivity contribution in [2.45, 2.75) is 33.7 Å². The molecule has 0 radical (unpaired) electrons. The SMILES string of the molecule is Cc1cc(C)c(NC(=O)c2n[nH]c3c2CNCC3)c(C)c1. The average Bonchev–Trinajstić information content (AvgIpc) is 2.86. The number of anilines is 1. The van der Waals surface area contributed by atoms with Gasteiger partial charge in [-0.2, -0.15) is 5.10 Å². The number of benzene rings is 1. The molecule has 0 fully saturated rings. The Hall–Kier alpha value is -2.14. The van der Waals surface area contributed by atoms with Gasteiger partial charge < -0.3 is 10.6 Å². The van der Waals surface area contributed by atoms with Crippen molar-refractivity contribution in [3.8, 4) is 0 Å². The zero-order valence-corrected chi connectivity index (χ0v) is 12.6. The Bertz CT molecular complexity index is 679. The van der Waals surface area contributed by atoms with Gasteiger partial charge in [-0.25, -0.2) is 0 Å². The Labute approximate surface area is 124 Å². The van der Waals surface area contributed by atoms with Crippen LogP contribution in [0.5, 0.6) is 0 Å². The number of aromatic nitrogens is 2. The molecule has 0 aliphatic carbocycles. The van der Waals surface area contributed by atoms with Gasteiger partial charge in [-0.1, -0.05) is 17.7 Å². The van der Waals surface area contributed by atoms with Gasteiger partial charge >= 0.3 is 0 Å². The first-order valence-electron chi connectivity index (χ1n) is 7.22. The number of aromatic amines is 1. The van der Waals surface area contributed by atoms with Gasteiger partial charge in [0.2, 0.25) is 0 Å². The summed E-state index contributed by atoms with van der Waals surface area (Å²) in [5.41, 5.74) is 6.77. The Morgan fingerprint density at radius 2 is 1.95 bits per heavy atom. The quantitative estimate of drug-likeness (QED) is 0.792. The van der Waals surface area contributed by atoms with E-state index in [-0.39, 0.29) is 5.91 Å². The predicted octanol–water partition coefficient (Wildman–Crippen LogP) is 2.23. The lowest BCUT2D eigenvalue weighted by atomic mass is 10.0. The summed E-state index contributed by atoms with van der Waals surface area (Å²) in [5, 5.41) is 13.5. The molecule has 21 heavy (non-hydrogen) atoms. The number of nitrogens with zero attached hydrogens (tertiary/aromatic N) is 1. The van der Waals surface area contributed by atoms with Crippen molar-refractivity contribution in [1.82, 2.24) is 15.5 Å². The lowest BCUT2D eigenvalue weighted by Crippen LogP contribution is -2.25. The maximum Gasteiger partial charge on any atom is 0.276 e. The summed E-state index contributed by atoms with van der Waals surface area (Å²) in [6, 6.07) is 4.15. The van der Waals surface area contributed by atoms with E-state index < -0.39 is 0 Å². The third-order valence-corrected chi connectivity index (χ3v) is 3.94. The zero-order chi connectivity index (χ0) is 15.0. The highest BCUT2D eigenvalue weighted by Gasteiger charge is 2.22. The van der Waals surface area contributed by atoms with E-state index in [0.717, 1.165) is 41.0 Å². The molecule has 0 bridgehead atoms. The summed E-state index contributed by atoms with van der Waals surface area (Å²) < 4.78 is 0. The number of hydrogen-bond acceptors (Lipinski definition) is 3. The number of hydrogen-bond donors (Lipinski definition) is 3. The van der Waals surface area contributed by atoms with Crippen LogP contribution < -0.4 is 10.6 Å². The molecule has 1 aliphatic rings. The van der Waals surface area contributed by atoms with Crippen LogP contribution in [0, 0.1) is 20.8 Å². The van der Waals surface area contributed by atoms with E-state index in [4.69, 9.17) is 0 Å². The first kappa shape index (κ1) is 13.8. The summed E-state index contributed by atoms with van der Waals surface area (Å²) in [6.45, 7) is 7.70. The van der Waals surface area contributed by atoms with Gasteiger partial charge in [0.1, 0.15) is 0 Å². The Morgan fingerprint density at radius 1 is 1.24 bits per heavy atom. The topological polar surface area (TPSA) is 69.8 Å². The van der Waals surface area contributed by atoms with E-state index in [0.29, 0.717) is 12.2 Å². The Balaban J connectivity index is 1.89. The molecule has 0 unspecified atom stereocenters. The van der Waals surface area contributed by atoms with E-state index in [1.54, 1.807) is 0 Å². The number of carbonyl (C=O) groups excluding carboxylic acids is 1. The number of aryl methyl sites for hydroxylation is 3. The number of carbonyl (C=O) groups is 1. The van der Waals surface area contributed by atoms with Gasteiger partial charge in [-0.15, -0.1) is 0 Å². The van der Waals surface area contributed by atoms with Crippen LogP contribution in [-0.4, -0.2) is 22.6 Å². The third kappa shape index (κ3) is 2.56. The largest absolute Gasteiger partial charge is 0.320 e. The molecule has 5 nitrogen and oxygen atoms in total. The molecule has 1 amide bonds. The van der Waals surface area contributed by atoms with Crippen LogP contribution in [0.2, 0.25) is 0 Å².